The molecule has 0 bridgehead atoms. The van der Waals surface area contributed by atoms with Crippen molar-refractivity contribution < 1.29 is 0 Å². The van der Waals surface area contributed by atoms with Gasteiger partial charge in [0.1, 0.15) is 0 Å². The fourth-order valence-electron chi connectivity index (χ4n) is 1.05. The highest BCUT2D eigenvalue weighted by atomic mass is 15.0. The summed E-state index contributed by atoms with van der Waals surface area (Å²) in [4.78, 5) is 0. The molecule has 0 amide bonds. The van der Waals surface area contributed by atoms with Gasteiger partial charge >= 0.3 is 0 Å². The minimum atomic E-state index is 0.450. The van der Waals surface area contributed by atoms with Gasteiger partial charge in [-0.15, -0.1) is 0 Å². The molecule has 15 heavy (non-hydrogen) atoms. The smallest absolute Gasteiger partial charge is 0.0625 e. The molecule has 0 radical (unpaired) electrons. The first-order valence-corrected chi connectivity index (χ1v) is 5.40. The molecule has 0 fully saturated rings. The largest absolute Gasteiger partial charge is 0.376 e. The van der Waals surface area contributed by atoms with Gasteiger partial charge in [-0.05, 0) is 5.56 Å². The van der Waals surface area contributed by atoms with E-state index in [0.717, 1.165) is 12.1 Å². The van der Waals surface area contributed by atoms with Crippen molar-refractivity contribution in [1.29, 1.82) is 0 Å². The SMILES string of the molecule is C=C(Cc1ccccc1)NCN.CCC. The zero-order valence-corrected chi connectivity index (χ0v) is 9.79. The summed E-state index contributed by atoms with van der Waals surface area (Å²) in [5.41, 5.74) is 7.53. The maximum Gasteiger partial charge on any atom is 0.0625 e. The zero-order chi connectivity index (χ0) is 11.5. The standard InChI is InChI=1S/C10H14N2.C3H8/c1-9(12-8-11)7-10-5-3-2-4-6-10;1-3-2/h2-6,12H,1,7-8,11H2;3H2,1-2H3. The topological polar surface area (TPSA) is 38.0 Å². The van der Waals surface area contributed by atoms with Crippen molar-refractivity contribution in [3.63, 3.8) is 0 Å². The van der Waals surface area contributed by atoms with Gasteiger partial charge in [0.2, 0.25) is 0 Å². The quantitative estimate of drug-likeness (QED) is 0.743. The van der Waals surface area contributed by atoms with E-state index in [9.17, 15) is 0 Å². The summed E-state index contributed by atoms with van der Waals surface area (Å²) in [7, 11) is 0. The molecule has 0 aliphatic heterocycles. The molecule has 1 rings (SSSR count). The zero-order valence-electron chi connectivity index (χ0n) is 9.79. The van der Waals surface area contributed by atoms with Crippen molar-refractivity contribution in [2.45, 2.75) is 26.7 Å². The summed E-state index contributed by atoms with van der Waals surface area (Å²) < 4.78 is 0. The molecule has 0 saturated carbocycles. The molecule has 2 nitrogen and oxygen atoms in total. The predicted octanol–water partition coefficient (Wildman–Crippen LogP) is 2.66. The van der Waals surface area contributed by atoms with Gasteiger partial charge in [0.25, 0.3) is 0 Å². The Bertz CT molecular complexity index is 254. The van der Waals surface area contributed by atoms with Crippen LogP contribution in [-0.4, -0.2) is 6.67 Å². The van der Waals surface area contributed by atoms with E-state index in [0.29, 0.717) is 6.67 Å². The Kier molecular flexibility index (Phi) is 8.49. The van der Waals surface area contributed by atoms with Crippen LogP contribution in [0.4, 0.5) is 0 Å². The molecule has 0 saturated heterocycles. The summed E-state index contributed by atoms with van der Waals surface area (Å²) >= 11 is 0. The van der Waals surface area contributed by atoms with Crippen molar-refractivity contribution in [2.24, 2.45) is 5.73 Å². The highest BCUT2D eigenvalue weighted by Gasteiger charge is 1.93. The Morgan fingerprint density at radius 2 is 1.80 bits per heavy atom. The van der Waals surface area contributed by atoms with Crippen molar-refractivity contribution in [1.82, 2.24) is 5.32 Å². The molecule has 0 aliphatic rings. The van der Waals surface area contributed by atoms with Crippen LogP contribution in [0.15, 0.2) is 42.6 Å². The van der Waals surface area contributed by atoms with Crippen LogP contribution in [0.5, 0.6) is 0 Å². The van der Waals surface area contributed by atoms with Gasteiger partial charge in [-0.1, -0.05) is 57.2 Å². The molecule has 0 aromatic heterocycles. The van der Waals surface area contributed by atoms with Gasteiger partial charge in [0.15, 0.2) is 0 Å². The fraction of sp³-hybridized carbons (Fsp3) is 0.385. The average molecular weight is 206 g/mol. The molecular weight excluding hydrogens is 184 g/mol. The average Bonchev–Trinajstić information content (AvgIpc) is 2.20. The second-order valence-corrected chi connectivity index (χ2v) is 3.35. The van der Waals surface area contributed by atoms with E-state index in [2.05, 4.69) is 37.9 Å². The predicted molar refractivity (Wildman–Crippen MR) is 67.4 cm³/mol. The third kappa shape index (κ3) is 7.77. The molecule has 0 heterocycles. The number of rotatable bonds is 4. The highest BCUT2D eigenvalue weighted by Crippen LogP contribution is 2.02. The Morgan fingerprint density at radius 3 is 2.27 bits per heavy atom. The second-order valence-electron chi connectivity index (χ2n) is 3.35. The first kappa shape index (κ1) is 13.7. The molecule has 0 atom stereocenters. The summed E-state index contributed by atoms with van der Waals surface area (Å²) in [6.07, 6.45) is 2.10. The lowest BCUT2D eigenvalue weighted by atomic mass is 10.1. The van der Waals surface area contributed by atoms with Crippen LogP contribution >= 0.6 is 0 Å². The summed E-state index contributed by atoms with van der Waals surface area (Å²) in [6.45, 7) is 8.55. The van der Waals surface area contributed by atoms with Crippen LogP contribution in [-0.2, 0) is 6.42 Å². The number of allylic oxidation sites excluding steroid dienone is 1. The van der Waals surface area contributed by atoms with Crippen molar-refractivity contribution in [2.75, 3.05) is 6.67 Å². The molecule has 3 N–H and O–H groups in total. The van der Waals surface area contributed by atoms with E-state index < -0.39 is 0 Å². The minimum Gasteiger partial charge on any atom is -0.376 e. The Balaban J connectivity index is 0.000000583. The molecule has 0 aliphatic carbocycles. The van der Waals surface area contributed by atoms with Gasteiger partial charge in [0.05, 0.1) is 6.67 Å². The maximum absolute atomic E-state index is 5.31. The van der Waals surface area contributed by atoms with Crippen LogP contribution in [0.25, 0.3) is 0 Å². The maximum atomic E-state index is 5.31. The third-order valence-electron chi connectivity index (χ3n) is 1.61. The third-order valence-corrected chi connectivity index (χ3v) is 1.61. The van der Waals surface area contributed by atoms with Crippen molar-refractivity contribution in [3.8, 4) is 0 Å². The Hall–Kier alpha value is -1.28. The number of nitrogens with one attached hydrogen (secondary N) is 1. The first-order valence-electron chi connectivity index (χ1n) is 5.40. The summed E-state index contributed by atoms with van der Waals surface area (Å²) in [6, 6.07) is 10.2. The molecule has 0 spiro atoms. The van der Waals surface area contributed by atoms with Gasteiger partial charge in [-0.25, -0.2) is 0 Å². The number of hydrogen-bond donors (Lipinski definition) is 2. The van der Waals surface area contributed by atoms with Crippen LogP contribution in [0.1, 0.15) is 25.8 Å². The van der Waals surface area contributed by atoms with Crippen molar-refractivity contribution >= 4 is 0 Å². The van der Waals surface area contributed by atoms with Gasteiger partial charge in [-0.2, -0.15) is 0 Å². The van der Waals surface area contributed by atoms with Crippen LogP contribution < -0.4 is 11.1 Å². The number of hydrogen-bond acceptors (Lipinski definition) is 2. The number of benzene rings is 1. The van der Waals surface area contributed by atoms with E-state index in [-0.39, 0.29) is 0 Å². The van der Waals surface area contributed by atoms with Crippen molar-refractivity contribution in [3.05, 3.63) is 48.2 Å². The second kappa shape index (κ2) is 9.28. The van der Waals surface area contributed by atoms with E-state index in [4.69, 9.17) is 5.73 Å². The lowest BCUT2D eigenvalue weighted by molar-refractivity contribution is 0.800. The normalized spacial score (nSPS) is 8.73. The van der Waals surface area contributed by atoms with Gasteiger partial charge in [0, 0.05) is 12.1 Å². The Labute approximate surface area is 93.2 Å². The first-order chi connectivity index (χ1) is 7.24. The van der Waals surface area contributed by atoms with E-state index in [1.54, 1.807) is 0 Å². The number of nitrogens with two attached hydrogens (primary N) is 1. The van der Waals surface area contributed by atoms with E-state index in [1.807, 2.05) is 18.2 Å². The molecule has 1 aromatic rings. The lowest BCUT2D eigenvalue weighted by Gasteiger charge is -2.06. The van der Waals surface area contributed by atoms with Crippen LogP contribution in [0, 0.1) is 0 Å². The lowest BCUT2D eigenvalue weighted by Crippen LogP contribution is -2.21. The summed E-state index contributed by atoms with van der Waals surface area (Å²) in [5.74, 6) is 0. The molecule has 2 heteroatoms. The molecule has 84 valence electrons. The highest BCUT2D eigenvalue weighted by molar-refractivity contribution is 5.19. The van der Waals surface area contributed by atoms with Gasteiger partial charge < -0.3 is 11.1 Å². The van der Waals surface area contributed by atoms with E-state index >= 15 is 0 Å². The van der Waals surface area contributed by atoms with Crippen LogP contribution in [0.2, 0.25) is 0 Å². The van der Waals surface area contributed by atoms with Crippen LogP contribution in [0.3, 0.4) is 0 Å². The fourth-order valence-corrected chi connectivity index (χ4v) is 1.05. The minimum absolute atomic E-state index is 0.450. The van der Waals surface area contributed by atoms with Gasteiger partial charge in [-0.3, -0.25) is 0 Å². The molecule has 0 unspecified atom stereocenters. The van der Waals surface area contributed by atoms with E-state index in [1.165, 1.54) is 12.0 Å². The molecular formula is C13H22N2. The molecule has 1 aromatic carbocycles. The monoisotopic (exact) mass is 206 g/mol. The Morgan fingerprint density at radius 1 is 1.27 bits per heavy atom. The summed E-state index contributed by atoms with van der Waals surface area (Å²) in [5, 5.41) is 2.98.